The maximum Gasteiger partial charge on any atom is 0.0459 e. The molecule has 0 spiro atoms. The molecular formula is C17H27ClN2. The van der Waals surface area contributed by atoms with Crippen LogP contribution in [0.2, 0.25) is 5.02 Å². The zero-order valence-corrected chi connectivity index (χ0v) is 13.7. The summed E-state index contributed by atoms with van der Waals surface area (Å²) in [4.78, 5) is 2.56. The fourth-order valence-electron chi connectivity index (χ4n) is 2.62. The molecule has 0 saturated heterocycles. The van der Waals surface area contributed by atoms with Crippen LogP contribution in [0.5, 0.6) is 0 Å². The van der Waals surface area contributed by atoms with Crippen molar-refractivity contribution in [2.75, 3.05) is 11.4 Å². The van der Waals surface area contributed by atoms with Crippen molar-refractivity contribution in [2.45, 2.75) is 58.5 Å². The van der Waals surface area contributed by atoms with E-state index in [9.17, 15) is 0 Å². The molecule has 2 nitrogen and oxygen atoms in total. The largest absolute Gasteiger partial charge is 0.368 e. The Bertz CT molecular complexity index is 439. The van der Waals surface area contributed by atoms with Crippen molar-refractivity contribution < 1.29 is 0 Å². The Labute approximate surface area is 128 Å². The molecular weight excluding hydrogens is 268 g/mol. The molecule has 2 rings (SSSR count). The van der Waals surface area contributed by atoms with Gasteiger partial charge in [-0.3, -0.25) is 0 Å². The normalized spacial score (nSPS) is 16.5. The lowest BCUT2D eigenvalue weighted by Crippen LogP contribution is -2.30. The van der Waals surface area contributed by atoms with Crippen molar-refractivity contribution >= 4 is 17.3 Å². The zero-order chi connectivity index (χ0) is 14.7. The monoisotopic (exact) mass is 294 g/mol. The van der Waals surface area contributed by atoms with Gasteiger partial charge in [0.05, 0.1) is 0 Å². The predicted octanol–water partition coefficient (Wildman–Crippen LogP) is 4.24. The summed E-state index contributed by atoms with van der Waals surface area (Å²) < 4.78 is 0. The minimum Gasteiger partial charge on any atom is -0.368 e. The minimum absolute atomic E-state index is 0.139. The standard InChI is InChI=1S/C17H27ClN2/c1-12(2)9-10-20(14-7-8-14)17-6-4-5-16(18)15(17)11-13(3)19/h4-6,12-14H,7-11,19H2,1-3H3. The van der Waals surface area contributed by atoms with Gasteiger partial charge in [0.2, 0.25) is 0 Å². The molecule has 0 radical (unpaired) electrons. The van der Waals surface area contributed by atoms with Gasteiger partial charge in [0.25, 0.3) is 0 Å². The molecule has 1 aliphatic rings. The highest BCUT2D eigenvalue weighted by atomic mass is 35.5. The molecule has 1 unspecified atom stereocenters. The molecule has 0 aliphatic heterocycles. The van der Waals surface area contributed by atoms with Crippen molar-refractivity contribution in [3.8, 4) is 0 Å². The Morgan fingerprint density at radius 1 is 1.30 bits per heavy atom. The van der Waals surface area contributed by atoms with Gasteiger partial charge in [-0.25, -0.2) is 0 Å². The Morgan fingerprint density at radius 2 is 2.00 bits per heavy atom. The Hall–Kier alpha value is -0.730. The van der Waals surface area contributed by atoms with Gasteiger partial charge in [-0.1, -0.05) is 31.5 Å². The van der Waals surface area contributed by atoms with Gasteiger partial charge in [0.1, 0.15) is 0 Å². The second kappa shape index (κ2) is 6.82. The lowest BCUT2D eigenvalue weighted by atomic mass is 10.0. The first-order valence-corrected chi connectivity index (χ1v) is 8.16. The highest BCUT2D eigenvalue weighted by Crippen LogP contribution is 2.36. The van der Waals surface area contributed by atoms with Crippen LogP contribution in [0.1, 0.15) is 45.6 Å². The van der Waals surface area contributed by atoms with E-state index in [1.54, 1.807) is 0 Å². The Balaban J connectivity index is 2.25. The number of hydrogen-bond donors (Lipinski definition) is 1. The quantitative estimate of drug-likeness (QED) is 0.815. The van der Waals surface area contributed by atoms with Crippen molar-refractivity contribution in [1.82, 2.24) is 0 Å². The molecule has 1 aromatic rings. The average molecular weight is 295 g/mol. The molecule has 0 heterocycles. The van der Waals surface area contributed by atoms with E-state index >= 15 is 0 Å². The SMILES string of the molecule is CC(C)CCN(c1cccc(Cl)c1CC(C)N)C1CC1. The molecule has 1 fully saturated rings. The summed E-state index contributed by atoms with van der Waals surface area (Å²) in [5.74, 6) is 0.729. The first-order valence-electron chi connectivity index (χ1n) is 7.78. The van der Waals surface area contributed by atoms with Gasteiger partial charge in [-0.2, -0.15) is 0 Å². The van der Waals surface area contributed by atoms with Crippen LogP contribution in [0, 0.1) is 5.92 Å². The van der Waals surface area contributed by atoms with Gasteiger partial charge in [-0.05, 0) is 56.2 Å². The number of benzene rings is 1. The number of halogens is 1. The number of nitrogens with two attached hydrogens (primary N) is 1. The first kappa shape index (κ1) is 15.7. The van der Waals surface area contributed by atoms with Gasteiger partial charge in [0.15, 0.2) is 0 Å². The third kappa shape index (κ3) is 4.13. The van der Waals surface area contributed by atoms with E-state index in [0.717, 1.165) is 23.9 Å². The first-order chi connectivity index (χ1) is 9.49. The van der Waals surface area contributed by atoms with Crippen molar-refractivity contribution in [2.24, 2.45) is 11.7 Å². The second-order valence-corrected chi connectivity index (χ2v) is 6.93. The van der Waals surface area contributed by atoms with Crippen LogP contribution in [0.3, 0.4) is 0 Å². The maximum absolute atomic E-state index is 6.42. The molecule has 1 saturated carbocycles. The minimum atomic E-state index is 0.139. The smallest absolute Gasteiger partial charge is 0.0459 e. The summed E-state index contributed by atoms with van der Waals surface area (Å²) in [5, 5.41) is 0.856. The lowest BCUT2D eigenvalue weighted by molar-refractivity contribution is 0.569. The van der Waals surface area contributed by atoms with E-state index in [4.69, 9.17) is 17.3 Å². The molecule has 20 heavy (non-hydrogen) atoms. The third-order valence-electron chi connectivity index (χ3n) is 3.86. The zero-order valence-electron chi connectivity index (χ0n) is 12.9. The molecule has 0 amide bonds. The van der Waals surface area contributed by atoms with Crippen molar-refractivity contribution in [3.63, 3.8) is 0 Å². The summed E-state index contributed by atoms with van der Waals surface area (Å²) in [6.07, 6.45) is 4.69. The Morgan fingerprint density at radius 3 is 2.55 bits per heavy atom. The molecule has 1 aliphatic carbocycles. The molecule has 3 heteroatoms. The molecule has 1 aromatic carbocycles. The van der Waals surface area contributed by atoms with Crippen LogP contribution in [0.25, 0.3) is 0 Å². The van der Waals surface area contributed by atoms with Crippen LogP contribution >= 0.6 is 11.6 Å². The highest BCUT2D eigenvalue weighted by molar-refractivity contribution is 6.31. The van der Waals surface area contributed by atoms with Crippen LogP contribution in [-0.4, -0.2) is 18.6 Å². The van der Waals surface area contributed by atoms with Gasteiger partial charge < -0.3 is 10.6 Å². The van der Waals surface area contributed by atoms with E-state index in [-0.39, 0.29) is 6.04 Å². The fraction of sp³-hybridized carbons (Fsp3) is 0.647. The summed E-state index contributed by atoms with van der Waals surface area (Å²) in [6.45, 7) is 7.73. The Kier molecular flexibility index (Phi) is 5.34. The third-order valence-corrected chi connectivity index (χ3v) is 4.22. The molecule has 2 N–H and O–H groups in total. The predicted molar refractivity (Wildman–Crippen MR) is 88.6 cm³/mol. The van der Waals surface area contributed by atoms with Crippen LogP contribution in [0.15, 0.2) is 18.2 Å². The summed E-state index contributed by atoms with van der Waals surface area (Å²) in [7, 11) is 0. The number of hydrogen-bond acceptors (Lipinski definition) is 2. The molecule has 0 bridgehead atoms. The van der Waals surface area contributed by atoms with Gasteiger partial charge in [-0.15, -0.1) is 0 Å². The summed E-state index contributed by atoms with van der Waals surface area (Å²) >= 11 is 6.42. The highest BCUT2D eigenvalue weighted by Gasteiger charge is 2.30. The second-order valence-electron chi connectivity index (χ2n) is 6.53. The molecule has 0 aromatic heterocycles. The van der Waals surface area contributed by atoms with Gasteiger partial charge >= 0.3 is 0 Å². The van der Waals surface area contributed by atoms with E-state index in [1.165, 1.54) is 30.5 Å². The fourth-order valence-corrected chi connectivity index (χ4v) is 2.87. The lowest BCUT2D eigenvalue weighted by Gasteiger charge is -2.29. The molecule has 112 valence electrons. The number of anilines is 1. The topological polar surface area (TPSA) is 29.3 Å². The van der Waals surface area contributed by atoms with E-state index in [1.807, 2.05) is 13.0 Å². The summed E-state index contributed by atoms with van der Waals surface area (Å²) in [5.41, 5.74) is 8.52. The van der Waals surface area contributed by atoms with Crippen LogP contribution < -0.4 is 10.6 Å². The summed E-state index contributed by atoms with van der Waals surface area (Å²) in [6, 6.07) is 7.10. The average Bonchev–Trinajstić information content (AvgIpc) is 3.17. The van der Waals surface area contributed by atoms with Crippen LogP contribution in [0.4, 0.5) is 5.69 Å². The maximum atomic E-state index is 6.42. The van der Waals surface area contributed by atoms with Gasteiger partial charge in [0, 0.05) is 29.3 Å². The number of nitrogens with zero attached hydrogens (tertiary/aromatic N) is 1. The number of rotatable bonds is 7. The van der Waals surface area contributed by atoms with Crippen molar-refractivity contribution in [3.05, 3.63) is 28.8 Å². The van der Waals surface area contributed by atoms with E-state index in [2.05, 4.69) is 30.9 Å². The molecule has 1 atom stereocenters. The van der Waals surface area contributed by atoms with E-state index in [0.29, 0.717) is 6.04 Å². The van der Waals surface area contributed by atoms with Crippen LogP contribution in [-0.2, 0) is 6.42 Å². The van der Waals surface area contributed by atoms with Crippen molar-refractivity contribution in [1.29, 1.82) is 0 Å². The van der Waals surface area contributed by atoms with E-state index < -0.39 is 0 Å².